The SMILES string of the molecule is COc1cc(NC(C)CO)ncc1F. The van der Waals surface area contributed by atoms with Crippen molar-refractivity contribution < 1.29 is 14.2 Å². The Bertz CT molecular complexity index is 307. The van der Waals surface area contributed by atoms with Crippen LogP contribution in [0.2, 0.25) is 0 Å². The number of hydrogen-bond donors (Lipinski definition) is 2. The van der Waals surface area contributed by atoms with Gasteiger partial charge in [0.15, 0.2) is 11.6 Å². The van der Waals surface area contributed by atoms with Gasteiger partial charge >= 0.3 is 0 Å². The molecule has 14 heavy (non-hydrogen) atoms. The number of pyridine rings is 1. The van der Waals surface area contributed by atoms with Crippen LogP contribution < -0.4 is 10.1 Å². The molecule has 5 heteroatoms. The first kappa shape index (κ1) is 10.7. The Morgan fingerprint density at radius 3 is 3.00 bits per heavy atom. The van der Waals surface area contributed by atoms with E-state index in [1.54, 1.807) is 6.92 Å². The second-order valence-corrected chi connectivity index (χ2v) is 2.93. The minimum absolute atomic E-state index is 0.0125. The van der Waals surface area contributed by atoms with E-state index in [2.05, 4.69) is 10.3 Å². The normalized spacial score (nSPS) is 12.3. The van der Waals surface area contributed by atoms with Gasteiger partial charge in [-0.2, -0.15) is 0 Å². The van der Waals surface area contributed by atoms with Crippen LogP contribution in [0.25, 0.3) is 0 Å². The number of aliphatic hydroxyl groups is 1. The largest absolute Gasteiger partial charge is 0.493 e. The molecule has 0 bridgehead atoms. The van der Waals surface area contributed by atoms with Gasteiger partial charge in [0.05, 0.1) is 19.9 Å². The Labute approximate surface area is 81.7 Å². The Morgan fingerprint density at radius 1 is 1.71 bits per heavy atom. The van der Waals surface area contributed by atoms with Crippen LogP contribution >= 0.6 is 0 Å². The molecule has 0 saturated heterocycles. The van der Waals surface area contributed by atoms with Gasteiger partial charge in [-0.15, -0.1) is 0 Å². The van der Waals surface area contributed by atoms with Crippen LogP contribution in [0.4, 0.5) is 10.2 Å². The number of rotatable bonds is 4. The third-order valence-corrected chi connectivity index (χ3v) is 1.71. The van der Waals surface area contributed by atoms with Crippen molar-refractivity contribution in [3.8, 4) is 5.75 Å². The fourth-order valence-electron chi connectivity index (χ4n) is 0.954. The van der Waals surface area contributed by atoms with Crippen LogP contribution in [-0.4, -0.2) is 29.8 Å². The molecule has 1 aromatic heterocycles. The molecule has 4 nitrogen and oxygen atoms in total. The summed E-state index contributed by atoms with van der Waals surface area (Å²) in [4.78, 5) is 3.80. The van der Waals surface area contributed by atoms with Crippen molar-refractivity contribution in [1.29, 1.82) is 0 Å². The first-order valence-electron chi connectivity index (χ1n) is 4.24. The first-order valence-corrected chi connectivity index (χ1v) is 4.24. The quantitative estimate of drug-likeness (QED) is 0.762. The summed E-state index contributed by atoms with van der Waals surface area (Å²) in [5.41, 5.74) is 0. The number of aromatic nitrogens is 1. The molecular formula is C9H13FN2O2. The Balaban J connectivity index is 2.79. The lowest BCUT2D eigenvalue weighted by atomic mass is 10.3. The van der Waals surface area contributed by atoms with E-state index in [9.17, 15) is 4.39 Å². The van der Waals surface area contributed by atoms with E-state index < -0.39 is 5.82 Å². The highest BCUT2D eigenvalue weighted by atomic mass is 19.1. The van der Waals surface area contributed by atoms with E-state index in [-0.39, 0.29) is 18.4 Å². The van der Waals surface area contributed by atoms with Gasteiger partial charge in [-0.25, -0.2) is 9.37 Å². The lowest BCUT2D eigenvalue weighted by Gasteiger charge is -2.12. The molecule has 1 atom stereocenters. The monoisotopic (exact) mass is 200 g/mol. The Kier molecular flexibility index (Phi) is 3.64. The standard InChI is InChI=1S/C9H13FN2O2/c1-6(5-13)12-9-3-8(14-2)7(10)4-11-9/h3-4,6,13H,5H2,1-2H3,(H,11,12). The molecule has 1 heterocycles. The van der Waals surface area contributed by atoms with E-state index in [4.69, 9.17) is 9.84 Å². The zero-order chi connectivity index (χ0) is 10.6. The van der Waals surface area contributed by atoms with Crippen molar-refractivity contribution >= 4 is 5.82 Å². The van der Waals surface area contributed by atoms with Gasteiger partial charge in [0, 0.05) is 12.1 Å². The highest BCUT2D eigenvalue weighted by Crippen LogP contribution is 2.19. The molecule has 0 fully saturated rings. The van der Waals surface area contributed by atoms with Crippen molar-refractivity contribution in [3.63, 3.8) is 0 Å². The Hall–Kier alpha value is -1.36. The van der Waals surface area contributed by atoms with Crippen LogP contribution in [0.3, 0.4) is 0 Å². The van der Waals surface area contributed by atoms with Crippen molar-refractivity contribution in [3.05, 3.63) is 18.1 Å². The fraction of sp³-hybridized carbons (Fsp3) is 0.444. The summed E-state index contributed by atoms with van der Waals surface area (Å²) in [7, 11) is 1.39. The molecule has 78 valence electrons. The maximum Gasteiger partial charge on any atom is 0.183 e. The van der Waals surface area contributed by atoms with Gasteiger partial charge < -0.3 is 15.2 Å². The number of ether oxygens (including phenoxy) is 1. The number of methoxy groups -OCH3 is 1. The number of hydrogen-bond acceptors (Lipinski definition) is 4. The zero-order valence-electron chi connectivity index (χ0n) is 8.12. The fourth-order valence-corrected chi connectivity index (χ4v) is 0.954. The molecule has 0 spiro atoms. The second-order valence-electron chi connectivity index (χ2n) is 2.93. The third-order valence-electron chi connectivity index (χ3n) is 1.71. The minimum atomic E-state index is -0.505. The third kappa shape index (κ3) is 2.56. The van der Waals surface area contributed by atoms with E-state index in [1.807, 2.05) is 0 Å². The van der Waals surface area contributed by atoms with Gasteiger partial charge in [-0.05, 0) is 6.92 Å². The number of nitrogens with zero attached hydrogens (tertiary/aromatic N) is 1. The van der Waals surface area contributed by atoms with E-state index >= 15 is 0 Å². The van der Waals surface area contributed by atoms with Gasteiger partial charge in [-0.3, -0.25) is 0 Å². The van der Waals surface area contributed by atoms with Gasteiger partial charge in [0.25, 0.3) is 0 Å². The number of halogens is 1. The second kappa shape index (κ2) is 4.76. The molecule has 0 aliphatic heterocycles. The lowest BCUT2D eigenvalue weighted by Crippen LogP contribution is -2.20. The molecule has 0 aliphatic carbocycles. The molecule has 0 amide bonds. The van der Waals surface area contributed by atoms with Crippen LogP contribution in [0, 0.1) is 5.82 Å². The summed E-state index contributed by atoms with van der Waals surface area (Å²) in [6.07, 6.45) is 1.07. The topological polar surface area (TPSA) is 54.4 Å². The lowest BCUT2D eigenvalue weighted by molar-refractivity contribution is 0.281. The van der Waals surface area contributed by atoms with Crippen molar-refractivity contribution in [1.82, 2.24) is 4.98 Å². The van der Waals surface area contributed by atoms with E-state index in [0.717, 1.165) is 6.20 Å². The highest BCUT2D eigenvalue weighted by Gasteiger charge is 2.06. The number of anilines is 1. The predicted octanol–water partition coefficient (Wildman–Crippen LogP) is 1.02. The van der Waals surface area contributed by atoms with Gasteiger partial charge in [0.1, 0.15) is 5.82 Å². The smallest absolute Gasteiger partial charge is 0.183 e. The first-order chi connectivity index (χ1) is 6.67. The molecule has 0 saturated carbocycles. The molecule has 0 radical (unpaired) electrons. The molecule has 1 aromatic rings. The predicted molar refractivity (Wildman–Crippen MR) is 50.9 cm³/mol. The molecule has 0 aliphatic rings. The maximum atomic E-state index is 12.9. The minimum Gasteiger partial charge on any atom is -0.493 e. The molecular weight excluding hydrogens is 187 g/mol. The summed E-state index contributed by atoms with van der Waals surface area (Å²) in [6.45, 7) is 1.78. The van der Waals surface area contributed by atoms with Gasteiger partial charge in [0.2, 0.25) is 0 Å². The molecule has 1 unspecified atom stereocenters. The van der Waals surface area contributed by atoms with Crippen LogP contribution in [0.15, 0.2) is 12.3 Å². The summed E-state index contributed by atoms with van der Waals surface area (Å²) in [5.74, 6) is 0.104. The number of aliphatic hydroxyl groups excluding tert-OH is 1. The summed E-state index contributed by atoms with van der Waals surface area (Å²) < 4.78 is 17.7. The average molecular weight is 200 g/mol. The molecule has 1 rings (SSSR count). The summed E-state index contributed by atoms with van der Waals surface area (Å²) in [6, 6.07) is 1.32. The van der Waals surface area contributed by atoms with Crippen molar-refractivity contribution in [2.75, 3.05) is 19.0 Å². The maximum absolute atomic E-state index is 12.9. The average Bonchev–Trinajstić information content (AvgIpc) is 2.20. The van der Waals surface area contributed by atoms with E-state index in [0.29, 0.717) is 5.82 Å². The molecule has 2 N–H and O–H groups in total. The van der Waals surface area contributed by atoms with E-state index in [1.165, 1.54) is 13.2 Å². The van der Waals surface area contributed by atoms with Crippen molar-refractivity contribution in [2.24, 2.45) is 0 Å². The summed E-state index contributed by atoms with van der Waals surface area (Å²) >= 11 is 0. The number of nitrogens with one attached hydrogen (secondary N) is 1. The zero-order valence-corrected chi connectivity index (χ0v) is 8.12. The van der Waals surface area contributed by atoms with Gasteiger partial charge in [-0.1, -0.05) is 0 Å². The van der Waals surface area contributed by atoms with Crippen LogP contribution in [-0.2, 0) is 0 Å². The summed E-state index contributed by atoms with van der Waals surface area (Å²) in [5, 5.41) is 11.7. The van der Waals surface area contributed by atoms with Crippen molar-refractivity contribution in [2.45, 2.75) is 13.0 Å². The van der Waals surface area contributed by atoms with Crippen LogP contribution in [0.1, 0.15) is 6.92 Å². The highest BCUT2D eigenvalue weighted by molar-refractivity contribution is 5.41. The Morgan fingerprint density at radius 2 is 2.43 bits per heavy atom. The van der Waals surface area contributed by atoms with Crippen LogP contribution in [0.5, 0.6) is 5.75 Å². The molecule has 0 aromatic carbocycles.